The van der Waals surface area contributed by atoms with E-state index in [2.05, 4.69) is 22.2 Å². The first-order valence-corrected chi connectivity index (χ1v) is 8.29. The molecule has 1 aromatic rings. The van der Waals surface area contributed by atoms with E-state index in [0.717, 1.165) is 23.1 Å². The lowest BCUT2D eigenvalue weighted by atomic mass is 10.1. The van der Waals surface area contributed by atoms with E-state index in [4.69, 9.17) is 0 Å². The predicted molar refractivity (Wildman–Crippen MR) is 81.7 cm³/mol. The Bertz CT molecular complexity index is 388. The van der Waals surface area contributed by atoms with Crippen LogP contribution in [0.15, 0.2) is 11.2 Å². The van der Waals surface area contributed by atoms with Crippen molar-refractivity contribution in [3.63, 3.8) is 0 Å². The van der Waals surface area contributed by atoms with Crippen LogP contribution in [0.3, 0.4) is 0 Å². The molecule has 0 amide bonds. The van der Waals surface area contributed by atoms with E-state index in [-0.39, 0.29) is 0 Å². The van der Waals surface area contributed by atoms with Crippen LogP contribution in [-0.4, -0.2) is 27.8 Å². The normalized spacial score (nSPS) is 24.2. The fourth-order valence-corrected chi connectivity index (χ4v) is 4.14. The summed E-state index contributed by atoms with van der Waals surface area (Å²) in [5.74, 6) is 0. The molecule has 0 radical (unpaired) electrons. The topological polar surface area (TPSA) is 37.8 Å². The van der Waals surface area contributed by atoms with Gasteiger partial charge in [0.25, 0.3) is 0 Å². The number of thioether (sulfide) groups is 1. The molecule has 0 aromatic carbocycles. The Balaban J connectivity index is 2.08. The van der Waals surface area contributed by atoms with Crippen molar-refractivity contribution in [3.8, 4) is 0 Å². The number of aromatic nitrogens is 2. The van der Waals surface area contributed by atoms with Crippen molar-refractivity contribution in [1.82, 2.24) is 15.3 Å². The molecule has 2 atom stereocenters. The number of aryl methyl sites for hydroxylation is 2. The smallest absolute Gasteiger partial charge is 0.188 e. The molecule has 1 N–H and O–H groups in total. The van der Waals surface area contributed by atoms with Gasteiger partial charge in [0.15, 0.2) is 5.16 Å². The molecule has 0 spiro atoms. The molecule has 1 heterocycles. The monoisotopic (exact) mass is 279 g/mol. The van der Waals surface area contributed by atoms with E-state index in [1.165, 1.54) is 32.1 Å². The second-order valence-corrected chi connectivity index (χ2v) is 6.60. The SMILES string of the molecule is CCNC1CCCCCC1Sc1nc(C)cc(C)n1. The Morgan fingerprint density at radius 3 is 2.53 bits per heavy atom. The van der Waals surface area contributed by atoms with Crippen molar-refractivity contribution in [2.75, 3.05) is 6.54 Å². The van der Waals surface area contributed by atoms with Gasteiger partial charge in [-0.15, -0.1) is 0 Å². The highest BCUT2D eigenvalue weighted by Gasteiger charge is 2.24. The summed E-state index contributed by atoms with van der Waals surface area (Å²) in [7, 11) is 0. The lowest BCUT2D eigenvalue weighted by Gasteiger charge is -2.24. The Morgan fingerprint density at radius 2 is 1.84 bits per heavy atom. The van der Waals surface area contributed by atoms with Gasteiger partial charge in [-0.3, -0.25) is 0 Å². The zero-order valence-electron chi connectivity index (χ0n) is 12.3. The van der Waals surface area contributed by atoms with E-state index in [9.17, 15) is 0 Å². The fourth-order valence-electron chi connectivity index (χ4n) is 2.79. The summed E-state index contributed by atoms with van der Waals surface area (Å²) >= 11 is 1.87. The molecule has 1 aromatic heterocycles. The van der Waals surface area contributed by atoms with Gasteiger partial charge in [-0.1, -0.05) is 37.9 Å². The van der Waals surface area contributed by atoms with Gasteiger partial charge in [0.2, 0.25) is 0 Å². The van der Waals surface area contributed by atoms with Crippen LogP contribution in [0.5, 0.6) is 0 Å². The molecular formula is C15H25N3S. The van der Waals surface area contributed by atoms with E-state index in [1.54, 1.807) is 0 Å². The Morgan fingerprint density at radius 1 is 1.16 bits per heavy atom. The van der Waals surface area contributed by atoms with Gasteiger partial charge >= 0.3 is 0 Å². The highest BCUT2D eigenvalue weighted by Crippen LogP contribution is 2.31. The van der Waals surface area contributed by atoms with Crippen LogP contribution in [0.1, 0.15) is 50.4 Å². The summed E-state index contributed by atoms with van der Waals surface area (Å²) in [6.07, 6.45) is 6.62. The maximum Gasteiger partial charge on any atom is 0.188 e. The third kappa shape index (κ3) is 4.46. The van der Waals surface area contributed by atoms with E-state index < -0.39 is 0 Å². The summed E-state index contributed by atoms with van der Waals surface area (Å²) in [6.45, 7) is 7.34. The molecule has 4 heteroatoms. The molecular weight excluding hydrogens is 254 g/mol. The second kappa shape index (κ2) is 7.25. The maximum absolute atomic E-state index is 4.58. The molecule has 0 bridgehead atoms. The average Bonchev–Trinajstić information content (AvgIpc) is 2.55. The molecule has 1 aliphatic carbocycles. The van der Waals surface area contributed by atoms with Crippen LogP contribution in [0, 0.1) is 13.8 Å². The minimum atomic E-state index is 0.613. The lowest BCUT2D eigenvalue weighted by Crippen LogP contribution is -2.37. The third-order valence-electron chi connectivity index (χ3n) is 3.64. The summed E-state index contributed by atoms with van der Waals surface area (Å²) in [6, 6.07) is 2.65. The van der Waals surface area contributed by atoms with Crippen LogP contribution in [0.2, 0.25) is 0 Å². The van der Waals surface area contributed by atoms with Gasteiger partial charge in [-0.05, 0) is 39.3 Å². The molecule has 2 rings (SSSR count). The highest BCUT2D eigenvalue weighted by molar-refractivity contribution is 7.99. The van der Waals surface area contributed by atoms with Crippen LogP contribution >= 0.6 is 11.8 Å². The highest BCUT2D eigenvalue weighted by atomic mass is 32.2. The third-order valence-corrected chi connectivity index (χ3v) is 4.90. The molecule has 1 aliphatic rings. The van der Waals surface area contributed by atoms with Gasteiger partial charge in [0.1, 0.15) is 0 Å². The van der Waals surface area contributed by atoms with E-state index >= 15 is 0 Å². The quantitative estimate of drug-likeness (QED) is 0.676. The van der Waals surface area contributed by atoms with E-state index in [0.29, 0.717) is 11.3 Å². The Labute approximate surface area is 121 Å². The molecule has 1 fully saturated rings. The lowest BCUT2D eigenvalue weighted by molar-refractivity contribution is 0.482. The van der Waals surface area contributed by atoms with Crippen molar-refractivity contribution < 1.29 is 0 Å². The summed E-state index contributed by atoms with van der Waals surface area (Å²) < 4.78 is 0. The van der Waals surface area contributed by atoms with Gasteiger partial charge in [0, 0.05) is 22.7 Å². The maximum atomic E-state index is 4.58. The van der Waals surface area contributed by atoms with Gasteiger partial charge < -0.3 is 5.32 Å². The number of rotatable bonds is 4. The Hall–Kier alpha value is -0.610. The molecule has 19 heavy (non-hydrogen) atoms. The summed E-state index contributed by atoms with van der Waals surface area (Å²) in [5, 5.41) is 5.21. The first kappa shape index (κ1) is 14.8. The minimum Gasteiger partial charge on any atom is -0.313 e. The Kier molecular flexibility index (Phi) is 5.64. The second-order valence-electron chi connectivity index (χ2n) is 5.39. The van der Waals surface area contributed by atoms with Crippen molar-refractivity contribution in [2.24, 2.45) is 0 Å². The number of hydrogen-bond acceptors (Lipinski definition) is 4. The molecule has 106 valence electrons. The molecule has 0 aliphatic heterocycles. The minimum absolute atomic E-state index is 0.613. The zero-order valence-corrected chi connectivity index (χ0v) is 13.1. The van der Waals surface area contributed by atoms with E-state index in [1.807, 2.05) is 31.7 Å². The first-order chi connectivity index (χ1) is 9.19. The number of hydrogen-bond donors (Lipinski definition) is 1. The standard InChI is InChI=1S/C15H25N3S/c1-4-16-13-8-6-5-7-9-14(13)19-15-17-11(2)10-12(3)18-15/h10,13-14,16H,4-9H2,1-3H3. The predicted octanol–water partition coefficient (Wildman–Crippen LogP) is 3.50. The fraction of sp³-hybridized carbons (Fsp3) is 0.733. The number of nitrogens with one attached hydrogen (secondary N) is 1. The van der Waals surface area contributed by atoms with Gasteiger partial charge in [-0.2, -0.15) is 0 Å². The largest absolute Gasteiger partial charge is 0.313 e. The van der Waals surface area contributed by atoms with Crippen molar-refractivity contribution in [3.05, 3.63) is 17.5 Å². The van der Waals surface area contributed by atoms with Crippen molar-refractivity contribution in [2.45, 2.75) is 69.3 Å². The van der Waals surface area contributed by atoms with Gasteiger partial charge in [0.05, 0.1) is 0 Å². The molecule has 0 saturated heterocycles. The molecule has 2 unspecified atom stereocenters. The average molecular weight is 279 g/mol. The van der Waals surface area contributed by atoms with Crippen LogP contribution in [-0.2, 0) is 0 Å². The summed E-state index contributed by atoms with van der Waals surface area (Å²) in [4.78, 5) is 9.15. The first-order valence-electron chi connectivity index (χ1n) is 7.41. The molecule has 3 nitrogen and oxygen atoms in total. The zero-order chi connectivity index (χ0) is 13.7. The van der Waals surface area contributed by atoms with Crippen LogP contribution in [0.4, 0.5) is 0 Å². The molecule has 1 saturated carbocycles. The van der Waals surface area contributed by atoms with Crippen molar-refractivity contribution in [1.29, 1.82) is 0 Å². The van der Waals surface area contributed by atoms with Crippen molar-refractivity contribution >= 4 is 11.8 Å². The van der Waals surface area contributed by atoms with Crippen LogP contribution in [0.25, 0.3) is 0 Å². The summed E-state index contributed by atoms with van der Waals surface area (Å²) in [5.41, 5.74) is 2.15. The van der Waals surface area contributed by atoms with Crippen LogP contribution < -0.4 is 5.32 Å². The number of nitrogens with zero attached hydrogens (tertiary/aromatic N) is 2. The van der Waals surface area contributed by atoms with Gasteiger partial charge in [-0.25, -0.2) is 9.97 Å².